The average molecular weight is 253 g/mol. The van der Waals surface area contributed by atoms with Crippen molar-refractivity contribution < 1.29 is 14.4 Å². The fourth-order valence-corrected chi connectivity index (χ4v) is 1.34. The van der Waals surface area contributed by atoms with Crippen molar-refractivity contribution in [2.75, 3.05) is 13.1 Å². The Bertz CT molecular complexity index is 404. The van der Waals surface area contributed by atoms with Crippen molar-refractivity contribution in [1.82, 2.24) is 20.6 Å². The SMILES string of the molecule is NCC(=O)N[C@@H](Cc1cnc[nH]1)C(=O)NCC=O. The first-order valence-electron chi connectivity index (χ1n) is 5.35. The number of amides is 2. The third-order valence-electron chi connectivity index (χ3n) is 2.18. The Morgan fingerprint density at radius 3 is 2.89 bits per heavy atom. The summed E-state index contributed by atoms with van der Waals surface area (Å²) in [6.07, 6.45) is 3.83. The largest absolute Gasteiger partial charge is 0.348 e. The first-order valence-corrected chi connectivity index (χ1v) is 5.35. The molecule has 8 nitrogen and oxygen atoms in total. The third kappa shape index (κ3) is 4.34. The van der Waals surface area contributed by atoms with Gasteiger partial charge < -0.3 is 26.1 Å². The quantitative estimate of drug-likeness (QED) is 0.406. The molecule has 8 heteroatoms. The summed E-state index contributed by atoms with van der Waals surface area (Å²) in [6, 6.07) is -0.790. The molecule has 1 aromatic heterocycles. The van der Waals surface area contributed by atoms with Crippen molar-refractivity contribution in [3.05, 3.63) is 18.2 Å². The van der Waals surface area contributed by atoms with Crippen molar-refractivity contribution in [3.63, 3.8) is 0 Å². The summed E-state index contributed by atoms with van der Waals surface area (Å²) in [5.74, 6) is -0.890. The van der Waals surface area contributed by atoms with E-state index in [1.165, 1.54) is 6.33 Å². The topological polar surface area (TPSA) is 130 Å². The molecule has 98 valence electrons. The number of nitrogens with one attached hydrogen (secondary N) is 3. The molecule has 0 aliphatic heterocycles. The van der Waals surface area contributed by atoms with Crippen LogP contribution in [-0.2, 0) is 20.8 Å². The summed E-state index contributed by atoms with van der Waals surface area (Å²) in [7, 11) is 0. The van der Waals surface area contributed by atoms with Gasteiger partial charge in [0.25, 0.3) is 0 Å². The van der Waals surface area contributed by atoms with Crippen LogP contribution in [0.25, 0.3) is 0 Å². The maximum Gasteiger partial charge on any atom is 0.243 e. The second kappa shape index (κ2) is 7.17. The molecule has 2 amide bonds. The molecule has 0 unspecified atom stereocenters. The number of rotatable bonds is 7. The van der Waals surface area contributed by atoms with E-state index < -0.39 is 17.9 Å². The lowest BCUT2D eigenvalue weighted by Crippen LogP contribution is -2.50. The van der Waals surface area contributed by atoms with Gasteiger partial charge in [0, 0.05) is 18.3 Å². The highest BCUT2D eigenvalue weighted by atomic mass is 16.2. The van der Waals surface area contributed by atoms with Gasteiger partial charge in [0.15, 0.2) is 0 Å². The molecule has 5 N–H and O–H groups in total. The average Bonchev–Trinajstić information content (AvgIpc) is 2.87. The Kier molecular flexibility index (Phi) is 5.52. The Balaban J connectivity index is 2.64. The zero-order chi connectivity index (χ0) is 13.4. The fourth-order valence-electron chi connectivity index (χ4n) is 1.34. The van der Waals surface area contributed by atoms with Crippen LogP contribution in [0.2, 0.25) is 0 Å². The number of imidazole rings is 1. The number of hydrogen-bond donors (Lipinski definition) is 4. The lowest BCUT2D eigenvalue weighted by molar-refractivity contribution is -0.128. The number of hydrogen-bond acceptors (Lipinski definition) is 5. The maximum atomic E-state index is 11.7. The zero-order valence-electron chi connectivity index (χ0n) is 9.68. The molecule has 18 heavy (non-hydrogen) atoms. The number of nitrogens with zero attached hydrogens (tertiary/aromatic N) is 1. The summed E-state index contributed by atoms with van der Waals surface area (Å²) in [5.41, 5.74) is 5.87. The van der Waals surface area contributed by atoms with Crippen LogP contribution < -0.4 is 16.4 Å². The van der Waals surface area contributed by atoms with Gasteiger partial charge in [-0.15, -0.1) is 0 Å². The number of carbonyl (C=O) groups excluding carboxylic acids is 3. The predicted molar refractivity (Wildman–Crippen MR) is 62.4 cm³/mol. The summed E-state index contributed by atoms with van der Waals surface area (Å²) >= 11 is 0. The van der Waals surface area contributed by atoms with Crippen molar-refractivity contribution in [2.24, 2.45) is 5.73 Å². The third-order valence-corrected chi connectivity index (χ3v) is 2.18. The smallest absolute Gasteiger partial charge is 0.243 e. The molecule has 0 aliphatic carbocycles. The minimum absolute atomic E-state index is 0.100. The van der Waals surface area contributed by atoms with Crippen LogP contribution in [-0.4, -0.2) is 47.2 Å². The molecule has 0 radical (unpaired) electrons. The van der Waals surface area contributed by atoms with E-state index in [2.05, 4.69) is 20.6 Å². The monoisotopic (exact) mass is 253 g/mol. The van der Waals surface area contributed by atoms with Crippen LogP contribution in [0.3, 0.4) is 0 Å². The zero-order valence-corrected chi connectivity index (χ0v) is 9.68. The highest BCUT2D eigenvalue weighted by Crippen LogP contribution is 1.98. The van der Waals surface area contributed by atoms with Gasteiger partial charge in [0.2, 0.25) is 11.8 Å². The van der Waals surface area contributed by atoms with Crippen molar-refractivity contribution >= 4 is 18.1 Å². The standard InChI is InChI=1S/C10H15N5O3/c11-4-9(17)15-8(10(18)13-1-2-16)3-7-5-12-6-14-7/h2,5-6,8H,1,3-4,11H2,(H,12,14)(H,13,18)(H,15,17)/t8-/m0/s1. The van der Waals surface area contributed by atoms with E-state index in [4.69, 9.17) is 5.73 Å². The molecule has 1 atom stereocenters. The molecule has 0 aliphatic rings. The van der Waals surface area contributed by atoms with Crippen LogP contribution in [0, 0.1) is 0 Å². The molecule has 0 aromatic carbocycles. The molecule has 0 saturated heterocycles. The van der Waals surface area contributed by atoms with E-state index in [0.717, 1.165) is 0 Å². The van der Waals surface area contributed by atoms with Gasteiger partial charge in [-0.05, 0) is 0 Å². The molecule has 1 aromatic rings. The van der Waals surface area contributed by atoms with Gasteiger partial charge in [-0.2, -0.15) is 0 Å². The number of carbonyl (C=O) groups is 3. The molecule has 1 rings (SSSR count). The molecule has 0 fully saturated rings. The molecule has 0 spiro atoms. The molecular formula is C10H15N5O3. The van der Waals surface area contributed by atoms with E-state index >= 15 is 0 Å². The lowest BCUT2D eigenvalue weighted by Gasteiger charge is -2.16. The fraction of sp³-hybridized carbons (Fsp3) is 0.400. The number of aromatic nitrogens is 2. The lowest BCUT2D eigenvalue weighted by atomic mass is 10.1. The summed E-state index contributed by atoms with van der Waals surface area (Å²) in [5, 5.41) is 4.85. The van der Waals surface area contributed by atoms with Gasteiger partial charge in [-0.3, -0.25) is 9.59 Å². The Morgan fingerprint density at radius 1 is 1.56 bits per heavy atom. The number of nitrogens with two attached hydrogens (primary N) is 1. The first-order chi connectivity index (χ1) is 8.67. The highest BCUT2D eigenvalue weighted by molar-refractivity contribution is 5.89. The van der Waals surface area contributed by atoms with Crippen LogP contribution in [0.4, 0.5) is 0 Å². The second-order valence-electron chi connectivity index (χ2n) is 3.52. The minimum Gasteiger partial charge on any atom is -0.348 e. The van der Waals surface area contributed by atoms with E-state index in [1.54, 1.807) is 6.20 Å². The highest BCUT2D eigenvalue weighted by Gasteiger charge is 2.20. The summed E-state index contributed by atoms with van der Waals surface area (Å²) < 4.78 is 0. The van der Waals surface area contributed by atoms with E-state index in [-0.39, 0.29) is 19.5 Å². The van der Waals surface area contributed by atoms with Gasteiger partial charge in [0.05, 0.1) is 19.4 Å². The van der Waals surface area contributed by atoms with Crippen LogP contribution in [0.5, 0.6) is 0 Å². The first kappa shape index (κ1) is 13.8. The van der Waals surface area contributed by atoms with E-state index in [1.807, 2.05) is 0 Å². The van der Waals surface area contributed by atoms with Crippen LogP contribution in [0.15, 0.2) is 12.5 Å². The number of H-pyrrole nitrogens is 1. The Morgan fingerprint density at radius 2 is 2.33 bits per heavy atom. The Hall–Kier alpha value is -2.22. The molecule has 0 bridgehead atoms. The normalized spacial score (nSPS) is 11.6. The van der Waals surface area contributed by atoms with E-state index in [9.17, 15) is 14.4 Å². The van der Waals surface area contributed by atoms with Crippen LogP contribution >= 0.6 is 0 Å². The van der Waals surface area contributed by atoms with Gasteiger partial charge in [-0.1, -0.05) is 0 Å². The predicted octanol–water partition coefficient (Wildman–Crippen LogP) is -2.29. The van der Waals surface area contributed by atoms with Crippen molar-refractivity contribution in [2.45, 2.75) is 12.5 Å². The summed E-state index contributed by atoms with van der Waals surface area (Å²) in [4.78, 5) is 39.8. The maximum absolute atomic E-state index is 11.7. The second-order valence-corrected chi connectivity index (χ2v) is 3.52. The van der Waals surface area contributed by atoms with Gasteiger partial charge in [0.1, 0.15) is 12.3 Å². The van der Waals surface area contributed by atoms with Crippen molar-refractivity contribution in [3.8, 4) is 0 Å². The Labute approximate surface area is 103 Å². The molecule has 0 saturated carbocycles. The molecular weight excluding hydrogens is 238 g/mol. The minimum atomic E-state index is -0.790. The summed E-state index contributed by atoms with van der Waals surface area (Å²) in [6.45, 7) is -0.308. The number of aromatic amines is 1. The van der Waals surface area contributed by atoms with Crippen LogP contribution in [0.1, 0.15) is 5.69 Å². The number of aldehydes is 1. The van der Waals surface area contributed by atoms with Gasteiger partial charge in [-0.25, -0.2) is 4.98 Å². The van der Waals surface area contributed by atoms with Crippen molar-refractivity contribution in [1.29, 1.82) is 0 Å². The molecule has 1 heterocycles. The van der Waals surface area contributed by atoms with E-state index in [0.29, 0.717) is 12.0 Å². The van der Waals surface area contributed by atoms with Gasteiger partial charge >= 0.3 is 0 Å².